The zero-order chi connectivity index (χ0) is 47.7. The summed E-state index contributed by atoms with van der Waals surface area (Å²) in [5, 5.41) is 9.66. The molecule has 2 unspecified atom stereocenters. The van der Waals surface area contributed by atoms with Crippen molar-refractivity contribution in [1.82, 2.24) is 0 Å². The number of unbranched alkanes of at least 4 members (excludes halogenated alkanes) is 14. The fraction of sp³-hybridized carbons (Fsp3) is 0.661. The van der Waals surface area contributed by atoms with E-state index < -0.39 is 24.3 Å². The molecule has 0 rings (SSSR count). The number of hydrogen-bond donors (Lipinski definition) is 1. The molecule has 0 radical (unpaired) electrons. The Bertz CT molecular complexity index is 1380. The second-order valence-electron chi connectivity index (χ2n) is 17.7. The number of carbonyl (C=O) groups is 3. The lowest BCUT2D eigenvalue weighted by atomic mass is 10.1. The van der Waals surface area contributed by atoms with Crippen molar-refractivity contribution < 1.29 is 42.9 Å². The van der Waals surface area contributed by atoms with E-state index in [9.17, 15) is 19.5 Å². The van der Waals surface area contributed by atoms with Gasteiger partial charge >= 0.3 is 17.9 Å². The first-order valence-electron chi connectivity index (χ1n) is 25.4. The Hall–Kier alpha value is -3.79. The number of likely N-dealkylation sites (N-methyl/N-ethyl adjacent to an activating group) is 1. The Kier molecular flexibility index (Phi) is 44.0. The van der Waals surface area contributed by atoms with Crippen molar-refractivity contribution in [3.05, 3.63) is 97.2 Å². The van der Waals surface area contributed by atoms with Crippen molar-refractivity contribution in [2.24, 2.45) is 0 Å². The lowest BCUT2D eigenvalue weighted by Gasteiger charge is -2.25. The zero-order valence-corrected chi connectivity index (χ0v) is 41.9. The van der Waals surface area contributed by atoms with Crippen molar-refractivity contribution in [3.63, 3.8) is 0 Å². The van der Waals surface area contributed by atoms with E-state index >= 15 is 0 Å². The van der Waals surface area contributed by atoms with E-state index in [1.165, 1.54) is 32.1 Å². The van der Waals surface area contributed by atoms with Gasteiger partial charge in [-0.3, -0.25) is 9.59 Å². The smallest absolute Gasteiger partial charge is 0.361 e. The molecule has 0 saturated heterocycles. The third kappa shape index (κ3) is 48.0. The van der Waals surface area contributed by atoms with Gasteiger partial charge in [0.2, 0.25) is 0 Å². The first-order chi connectivity index (χ1) is 31.6. The van der Waals surface area contributed by atoms with Crippen LogP contribution in [0.3, 0.4) is 0 Å². The molecule has 9 nitrogen and oxygen atoms in total. The van der Waals surface area contributed by atoms with Gasteiger partial charge in [0.15, 0.2) is 6.10 Å². The fourth-order valence-electron chi connectivity index (χ4n) is 6.40. The van der Waals surface area contributed by atoms with Gasteiger partial charge in [-0.05, 0) is 96.3 Å². The van der Waals surface area contributed by atoms with Crippen LogP contribution in [0.5, 0.6) is 0 Å². The largest absolute Gasteiger partial charge is 0.477 e. The molecule has 0 aliphatic rings. The average Bonchev–Trinajstić information content (AvgIpc) is 3.27. The molecule has 1 N–H and O–H groups in total. The Morgan fingerprint density at radius 3 is 1.32 bits per heavy atom. The minimum atomic E-state index is -1.52. The molecule has 0 amide bonds. The van der Waals surface area contributed by atoms with E-state index in [0.717, 1.165) is 116 Å². The van der Waals surface area contributed by atoms with Crippen LogP contribution in [0.1, 0.15) is 181 Å². The molecule has 0 saturated carbocycles. The Balaban J connectivity index is 4.39. The summed E-state index contributed by atoms with van der Waals surface area (Å²) in [6.45, 7) is 4.69. The summed E-state index contributed by atoms with van der Waals surface area (Å²) in [6.07, 6.45) is 59.0. The van der Waals surface area contributed by atoms with Crippen LogP contribution >= 0.6 is 0 Å². The molecule has 370 valence electrons. The predicted octanol–water partition coefficient (Wildman–Crippen LogP) is 14.2. The third-order valence-electron chi connectivity index (χ3n) is 10.3. The van der Waals surface area contributed by atoms with Crippen molar-refractivity contribution >= 4 is 17.9 Å². The molecule has 0 aromatic rings. The van der Waals surface area contributed by atoms with Gasteiger partial charge in [-0.1, -0.05) is 169 Å². The minimum Gasteiger partial charge on any atom is -0.477 e. The quantitative estimate of drug-likeness (QED) is 0.0212. The second kappa shape index (κ2) is 46.7. The van der Waals surface area contributed by atoms with Crippen LogP contribution in [0.2, 0.25) is 0 Å². The summed E-state index contributed by atoms with van der Waals surface area (Å²) in [5.74, 6) is -2.06. The van der Waals surface area contributed by atoms with E-state index in [0.29, 0.717) is 17.4 Å². The van der Waals surface area contributed by atoms with Gasteiger partial charge in [0, 0.05) is 12.8 Å². The van der Waals surface area contributed by atoms with Crippen molar-refractivity contribution in [3.8, 4) is 0 Å². The zero-order valence-electron chi connectivity index (χ0n) is 41.9. The maximum Gasteiger partial charge on any atom is 0.361 e. The molecule has 65 heavy (non-hydrogen) atoms. The first-order valence-corrected chi connectivity index (χ1v) is 25.4. The molecule has 0 fully saturated rings. The van der Waals surface area contributed by atoms with Gasteiger partial charge in [0.1, 0.15) is 13.2 Å². The van der Waals surface area contributed by atoms with E-state index in [-0.39, 0.29) is 38.6 Å². The number of rotatable bonds is 45. The summed E-state index contributed by atoms with van der Waals surface area (Å²) in [6, 6.07) is 0. The van der Waals surface area contributed by atoms with Crippen LogP contribution in [0.4, 0.5) is 0 Å². The molecule has 0 aliphatic carbocycles. The second-order valence-corrected chi connectivity index (χ2v) is 17.7. The maximum absolute atomic E-state index is 12.8. The first kappa shape index (κ1) is 61.2. The van der Waals surface area contributed by atoms with Crippen molar-refractivity contribution in [2.45, 2.75) is 193 Å². The molecular weight excluding hydrogens is 815 g/mol. The fourth-order valence-corrected chi connectivity index (χ4v) is 6.40. The van der Waals surface area contributed by atoms with Gasteiger partial charge in [0.05, 0.1) is 34.4 Å². The van der Waals surface area contributed by atoms with Crippen LogP contribution in [-0.2, 0) is 33.3 Å². The van der Waals surface area contributed by atoms with Gasteiger partial charge in [0.25, 0.3) is 6.29 Å². The molecule has 0 aromatic carbocycles. The van der Waals surface area contributed by atoms with Crippen LogP contribution in [-0.4, -0.2) is 87.4 Å². The Morgan fingerprint density at radius 2 is 0.877 bits per heavy atom. The number of nitrogens with zero attached hydrogens (tertiary/aromatic N) is 1. The number of esters is 2. The van der Waals surface area contributed by atoms with Gasteiger partial charge < -0.3 is 28.5 Å². The minimum absolute atomic E-state index is 0.177. The summed E-state index contributed by atoms with van der Waals surface area (Å²) in [4.78, 5) is 37.2. The SMILES string of the molecule is CC/C=C\C/C=C\C/C=C\C/C=C\C/C=C\C/C=C\C/C=C\CCCCCCCC(=O)OC(COC(=O)CCCCCCC/C=C\CCCCCC)COC(OCC[N+](C)(C)C)C(=O)O. The molecule has 0 heterocycles. The number of carboxylic acids is 1. The highest BCUT2D eigenvalue weighted by Crippen LogP contribution is 2.13. The summed E-state index contributed by atoms with van der Waals surface area (Å²) in [7, 11) is 5.94. The third-order valence-corrected chi connectivity index (χ3v) is 10.3. The van der Waals surface area contributed by atoms with Crippen molar-refractivity contribution in [1.29, 1.82) is 0 Å². The number of hydrogen-bond acceptors (Lipinski definition) is 7. The molecule has 0 aromatic heterocycles. The topological polar surface area (TPSA) is 108 Å². The molecular formula is C56H94NO8+. The molecule has 9 heteroatoms. The highest BCUT2D eigenvalue weighted by atomic mass is 16.7. The van der Waals surface area contributed by atoms with E-state index in [1.54, 1.807) is 0 Å². The molecule has 2 atom stereocenters. The number of aliphatic carboxylic acids is 1. The predicted molar refractivity (Wildman–Crippen MR) is 272 cm³/mol. The summed E-state index contributed by atoms with van der Waals surface area (Å²) >= 11 is 0. The number of carbonyl (C=O) groups excluding carboxylic acids is 2. The number of ether oxygens (including phenoxy) is 4. The van der Waals surface area contributed by atoms with Gasteiger partial charge in [-0.2, -0.15) is 0 Å². The van der Waals surface area contributed by atoms with Crippen LogP contribution in [0, 0.1) is 0 Å². The number of quaternary nitrogens is 1. The van der Waals surface area contributed by atoms with Gasteiger partial charge in [-0.15, -0.1) is 0 Å². The van der Waals surface area contributed by atoms with E-state index in [2.05, 4.69) is 111 Å². The van der Waals surface area contributed by atoms with E-state index in [4.69, 9.17) is 18.9 Å². The Morgan fingerprint density at radius 1 is 0.477 bits per heavy atom. The molecule has 0 bridgehead atoms. The number of carboxylic acid groups (broad SMARTS) is 1. The summed E-state index contributed by atoms with van der Waals surface area (Å²) < 4.78 is 22.7. The summed E-state index contributed by atoms with van der Waals surface area (Å²) in [5.41, 5.74) is 0. The molecule has 0 aliphatic heterocycles. The van der Waals surface area contributed by atoms with Crippen molar-refractivity contribution in [2.75, 3.05) is 47.5 Å². The number of allylic oxidation sites excluding steroid dienone is 16. The molecule has 0 spiro atoms. The van der Waals surface area contributed by atoms with Gasteiger partial charge in [-0.25, -0.2) is 4.79 Å². The van der Waals surface area contributed by atoms with Crippen LogP contribution in [0.25, 0.3) is 0 Å². The van der Waals surface area contributed by atoms with Crippen LogP contribution in [0.15, 0.2) is 97.2 Å². The highest BCUT2D eigenvalue weighted by Gasteiger charge is 2.25. The monoisotopic (exact) mass is 909 g/mol. The lowest BCUT2D eigenvalue weighted by molar-refractivity contribution is -0.870. The Labute approximate surface area is 397 Å². The maximum atomic E-state index is 12.8. The normalized spacial score (nSPS) is 13.7. The lowest BCUT2D eigenvalue weighted by Crippen LogP contribution is -2.40. The standard InChI is InChI=1S/C56H93NO8/c1-6-8-10-12-14-16-18-20-21-22-23-24-25-26-27-28-29-30-31-32-33-35-37-39-41-43-45-47-54(59)65-52(51-64-56(55(60)61)62-49-48-57(3,4)5)50-63-53(58)46-44-42-40-38-36-34-19-17-15-13-11-9-7-2/h8,10,14,16-17,19-21,23-24,26-27,29-30,32-33,52,56H,6-7,9,11-13,15,18,22,25,28,31,34-51H2,1-5H3/p+1/b10-8-,16-14-,19-17-,21-20-,24-23-,27-26-,30-29-,33-32-. The average molecular weight is 909 g/mol. The highest BCUT2D eigenvalue weighted by molar-refractivity contribution is 5.71. The van der Waals surface area contributed by atoms with Crippen LogP contribution < -0.4 is 0 Å². The van der Waals surface area contributed by atoms with E-state index in [1.807, 2.05) is 21.1 Å².